The summed E-state index contributed by atoms with van der Waals surface area (Å²) < 4.78 is 0. The van der Waals surface area contributed by atoms with Crippen LogP contribution in [0.25, 0.3) is 0 Å². The predicted molar refractivity (Wildman–Crippen MR) is 154 cm³/mol. The number of aromatic nitrogens is 1. The SMILES string of the molecule is Cc1ccc(C(C(=O)NC2CCCCC2)N(C(=O)CCCC(=O)Nc2ccccn2)c2cccc(C)c2)cc1. The number of carbonyl (C=O) groups is 3. The van der Waals surface area contributed by atoms with Crippen molar-refractivity contribution in [3.63, 3.8) is 0 Å². The number of anilines is 2. The van der Waals surface area contributed by atoms with Crippen molar-refractivity contribution >= 4 is 29.2 Å². The van der Waals surface area contributed by atoms with Gasteiger partial charge in [-0.15, -0.1) is 0 Å². The van der Waals surface area contributed by atoms with Crippen molar-refractivity contribution < 1.29 is 14.4 Å². The number of aryl methyl sites for hydroxylation is 2. The van der Waals surface area contributed by atoms with Crippen LogP contribution in [-0.2, 0) is 14.4 Å². The topological polar surface area (TPSA) is 91.4 Å². The van der Waals surface area contributed by atoms with Crippen LogP contribution in [0.1, 0.15) is 74.1 Å². The highest BCUT2D eigenvalue weighted by Gasteiger charge is 2.34. The van der Waals surface area contributed by atoms with Gasteiger partial charge in [0, 0.05) is 30.8 Å². The Labute approximate surface area is 231 Å². The predicted octanol–water partition coefficient (Wildman–Crippen LogP) is 6.03. The van der Waals surface area contributed by atoms with Crippen LogP contribution in [0, 0.1) is 13.8 Å². The number of nitrogens with zero attached hydrogens (tertiary/aromatic N) is 2. The summed E-state index contributed by atoms with van der Waals surface area (Å²) in [5, 5.41) is 6.01. The first-order chi connectivity index (χ1) is 18.9. The average Bonchev–Trinajstić information content (AvgIpc) is 2.93. The van der Waals surface area contributed by atoms with Crippen LogP contribution >= 0.6 is 0 Å². The van der Waals surface area contributed by atoms with Crippen LogP contribution in [-0.4, -0.2) is 28.7 Å². The van der Waals surface area contributed by atoms with Crippen molar-refractivity contribution in [3.05, 3.63) is 89.6 Å². The Morgan fingerprint density at radius 2 is 1.67 bits per heavy atom. The van der Waals surface area contributed by atoms with Crippen LogP contribution in [0.15, 0.2) is 72.9 Å². The third kappa shape index (κ3) is 7.99. The van der Waals surface area contributed by atoms with E-state index in [-0.39, 0.29) is 36.6 Å². The van der Waals surface area contributed by atoms with Crippen molar-refractivity contribution in [1.29, 1.82) is 0 Å². The second-order valence-corrected chi connectivity index (χ2v) is 10.4. The zero-order valence-electron chi connectivity index (χ0n) is 22.9. The molecule has 1 saturated carbocycles. The van der Waals surface area contributed by atoms with Gasteiger partial charge in [0.2, 0.25) is 17.7 Å². The summed E-state index contributed by atoms with van der Waals surface area (Å²) in [4.78, 5) is 46.0. The van der Waals surface area contributed by atoms with Crippen molar-refractivity contribution in [2.45, 2.75) is 77.3 Å². The van der Waals surface area contributed by atoms with Crippen LogP contribution in [0.3, 0.4) is 0 Å². The van der Waals surface area contributed by atoms with E-state index in [1.54, 1.807) is 29.3 Å². The molecule has 1 atom stereocenters. The lowest BCUT2D eigenvalue weighted by Crippen LogP contribution is -2.47. The standard InChI is InChI=1S/C32H38N4O3/c1-23-17-19-25(20-18-23)31(32(39)34-26-11-4-3-5-12-26)36(27-13-8-10-24(2)22-27)30(38)16-9-15-29(37)35-28-14-6-7-21-33-28/h6-8,10,13-14,17-22,26,31H,3-5,9,11-12,15-16H2,1-2H3,(H,34,39)(H,33,35,37). The van der Waals surface area contributed by atoms with Crippen molar-refractivity contribution in [3.8, 4) is 0 Å². The summed E-state index contributed by atoms with van der Waals surface area (Å²) in [6, 6.07) is 20.1. The molecular formula is C32H38N4O3. The highest BCUT2D eigenvalue weighted by atomic mass is 16.2. The quantitative estimate of drug-likeness (QED) is 0.337. The van der Waals surface area contributed by atoms with Crippen LogP contribution in [0.4, 0.5) is 11.5 Å². The van der Waals surface area contributed by atoms with Gasteiger partial charge in [0.1, 0.15) is 11.9 Å². The number of carbonyl (C=O) groups excluding carboxylic acids is 3. The molecule has 1 aromatic heterocycles. The molecule has 39 heavy (non-hydrogen) atoms. The van der Waals surface area contributed by atoms with Gasteiger partial charge < -0.3 is 10.6 Å². The van der Waals surface area contributed by atoms with Gasteiger partial charge in [0.25, 0.3) is 0 Å². The summed E-state index contributed by atoms with van der Waals surface area (Å²) in [5.74, 6) is -0.0909. The second-order valence-electron chi connectivity index (χ2n) is 10.4. The highest BCUT2D eigenvalue weighted by molar-refractivity contribution is 6.01. The maximum atomic E-state index is 13.9. The molecular weight excluding hydrogens is 488 g/mol. The molecule has 1 heterocycles. The number of hydrogen-bond donors (Lipinski definition) is 2. The minimum absolute atomic E-state index is 0.115. The lowest BCUT2D eigenvalue weighted by atomic mass is 9.94. The van der Waals surface area contributed by atoms with E-state index in [9.17, 15) is 14.4 Å². The molecule has 3 aromatic rings. The molecule has 1 fully saturated rings. The van der Waals surface area contributed by atoms with Crippen molar-refractivity contribution in [1.82, 2.24) is 10.3 Å². The molecule has 7 heteroatoms. The van der Waals surface area contributed by atoms with Gasteiger partial charge in [-0.3, -0.25) is 19.3 Å². The van der Waals surface area contributed by atoms with E-state index in [4.69, 9.17) is 0 Å². The highest BCUT2D eigenvalue weighted by Crippen LogP contribution is 2.31. The fourth-order valence-corrected chi connectivity index (χ4v) is 5.07. The molecule has 204 valence electrons. The Morgan fingerprint density at radius 1 is 0.897 bits per heavy atom. The van der Waals surface area contributed by atoms with Gasteiger partial charge in [0.15, 0.2) is 0 Å². The van der Waals surface area contributed by atoms with Gasteiger partial charge >= 0.3 is 0 Å². The molecule has 2 N–H and O–H groups in total. The summed E-state index contributed by atoms with van der Waals surface area (Å²) >= 11 is 0. The Morgan fingerprint density at radius 3 is 2.36 bits per heavy atom. The molecule has 0 saturated heterocycles. The van der Waals surface area contributed by atoms with Gasteiger partial charge in [-0.25, -0.2) is 4.98 Å². The van der Waals surface area contributed by atoms with E-state index >= 15 is 0 Å². The Kier molecular flexibility index (Phi) is 9.84. The van der Waals surface area contributed by atoms with Crippen LogP contribution in [0.2, 0.25) is 0 Å². The molecule has 1 aliphatic carbocycles. The molecule has 2 aromatic carbocycles. The molecule has 0 spiro atoms. The maximum absolute atomic E-state index is 13.9. The minimum Gasteiger partial charge on any atom is -0.351 e. The van der Waals surface area contributed by atoms with E-state index in [0.717, 1.165) is 42.4 Å². The van der Waals surface area contributed by atoms with E-state index in [1.807, 2.05) is 62.4 Å². The first kappa shape index (κ1) is 28.0. The molecule has 1 aliphatic rings. The lowest BCUT2D eigenvalue weighted by Gasteiger charge is -2.34. The Balaban J connectivity index is 1.57. The fraction of sp³-hybridized carbons (Fsp3) is 0.375. The van der Waals surface area contributed by atoms with Crippen molar-refractivity contribution in [2.24, 2.45) is 0 Å². The molecule has 0 radical (unpaired) electrons. The first-order valence-electron chi connectivity index (χ1n) is 13.9. The zero-order valence-corrected chi connectivity index (χ0v) is 22.9. The molecule has 3 amide bonds. The molecule has 0 bridgehead atoms. The summed E-state index contributed by atoms with van der Waals surface area (Å²) in [6.07, 6.45) is 7.56. The summed E-state index contributed by atoms with van der Waals surface area (Å²) in [5.41, 5.74) is 3.51. The molecule has 4 rings (SSSR count). The number of benzene rings is 2. The number of amides is 3. The van der Waals surface area contributed by atoms with E-state index < -0.39 is 6.04 Å². The average molecular weight is 527 g/mol. The van der Waals surface area contributed by atoms with Crippen LogP contribution in [0.5, 0.6) is 0 Å². The normalized spacial score (nSPS) is 14.3. The number of rotatable bonds is 10. The minimum atomic E-state index is -0.816. The number of pyridine rings is 1. The zero-order chi connectivity index (χ0) is 27.6. The Bertz CT molecular complexity index is 1250. The lowest BCUT2D eigenvalue weighted by molar-refractivity contribution is -0.127. The van der Waals surface area contributed by atoms with E-state index in [0.29, 0.717) is 17.9 Å². The Hall–Kier alpha value is -4.00. The van der Waals surface area contributed by atoms with E-state index in [1.165, 1.54) is 6.42 Å². The van der Waals surface area contributed by atoms with Gasteiger partial charge in [-0.2, -0.15) is 0 Å². The summed E-state index contributed by atoms with van der Waals surface area (Å²) in [6.45, 7) is 3.97. The largest absolute Gasteiger partial charge is 0.351 e. The third-order valence-electron chi connectivity index (χ3n) is 7.13. The number of hydrogen-bond acceptors (Lipinski definition) is 4. The first-order valence-corrected chi connectivity index (χ1v) is 13.9. The van der Waals surface area contributed by atoms with Gasteiger partial charge in [-0.1, -0.05) is 67.3 Å². The third-order valence-corrected chi connectivity index (χ3v) is 7.13. The van der Waals surface area contributed by atoms with Gasteiger partial charge in [0.05, 0.1) is 0 Å². The maximum Gasteiger partial charge on any atom is 0.248 e. The second kappa shape index (κ2) is 13.7. The molecule has 1 unspecified atom stereocenters. The number of nitrogens with one attached hydrogen (secondary N) is 2. The van der Waals surface area contributed by atoms with E-state index in [2.05, 4.69) is 15.6 Å². The fourth-order valence-electron chi connectivity index (χ4n) is 5.07. The smallest absolute Gasteiger partial charge is 0.248 e. The van der Waals surface area contributed by atoms with Crippen LogP contribution < -0.4 is 15.5 Å². The monoisotopic (exact) mass is 526 g/mol. The molecule has 7 nitrogen and oxygen atoms in total. The summed E-state index contributed by atoms with van der Waals surface area (Å²) in [7, 11) is 0. The molecule has 0 aliphatic heterocycles. The van der Waals surface area contributed by atoms with Crippen molar-refractivity contribution in [2.75, 3.05) is 10.2 Å². The van der Waals surface area contributed by atoms with Gasteiger partial charge in [-0.05, 0) is 68.5 Å².